The standard InChI is InChI=1S/C16H26N2O/c1-4-16(19)13-7-9-14(10-8-13)18-11-5-6-15(12-18)17(2)3/h7-10,15-16,19H,4-6,11-12H2,1-3H3/t15?,16-/m0/s1. The Hall–Kier alpha value is -1.06. The van der Waals surface area contributed by atoms with E-state index in [9.17, 15) is 5.11 Å². The number of aliphatic hydroxyl groups is 1. The first-order valence-electron chi connectivity index (χ1n) is 7.31. The summed E-state index contributed by atoms with van der Waals surface area (Å²) < 4.78 is 0. The molecular weight excluding hydrogens is 236 g/mol. The van der Waals surface area contributed by atoms with Crippen LogP contribution in [0.3, 0.4) is 0 Å². The first kappa shape index (κ1) is 14.4. The van der Waals surface area contributed by atoms with Gasteiger partial charge in [-0.3, -0.25) is 0 Å². The van der Waals surface area contributed by atoms with Crippen LogP contribution in [0.4, 0.5) is 5.69 Å². The van der Waals surface area contributed by atoms with Gasteiger partial charge in [0.05, 0.1) is 6.10 Å². The van der Waals surface area contributed by atoms with E-state index in [-0.39, 0.29) is 6.10 Å². The average Bonchev–Trinajstić information content (AvgIpc) is 2.46. The fourth-order valence-corrected chi connectivity index (χ4v) is 2.75. The Morgan fingerprint density at radius 1 is 1.32 bits per heavy atom. The lowest BCUT2D eigenvalue weighted by molar-refractivity contribution is 0.173. The van der Waals surface area contributed by atoms with Crippen LogP contribution in [0.5, 0.6) is 0 Å². The molecule has 3 nitrogen and oxygen atoms in total. The number of hydrogen-bond acceptors (Lipinski definition) is 3. The summed E-state index contributed by atoms with van der Waals surface area (Å²) in [5.74, 6) is 0. The van der Waals surface area contributed by atoms with Crippen LogP contribution < -0.4 is 4.90 Å². The molecule has 3 heteroatoms. The van der Waals surface area contributed by atoms with E-state index >= 15 is 0 Å². The highest BCUT2D eigenvalue weighted by molar-refractivity contribution is 5.48. The Bertz CT molecular complexity index is 388. The molecular formula is C16H26N2O. The van der Waals surface area contributed by atoms with Gasteiger partial charge >= 0.3 is 0 Å². The fourth-order valence-electron chi connectivity index (χ4n) is 2.75. The van der Waals surface area contributed by atoms with E-state index < -0.39 is 0 Å². The molecule has 1 N–H and O–H groups in total. The number of nitrogens with zero attached hydrogens (tertiary/aromatic N) is 2. The molecule has 1 aromatic rings. The van der Waals surface area contributed by atoms with Crippen molar-refractivity contribution < 1.29 is 5.11 Å². The first-order chi connectivity index (χ1) is 9.11. The molecule has 1 saturated heterocycles. The minimum Gasteiger partial charge on any atom is -0.388 e. The Labute approximate surface area is 116 Å². The maximum absolute atomic E-state index is 9.83. The van der Waals surface area contributed by atoms with Crippen LogP contribution in [0.2, 0.25) is 0 Å². The lowest BCUT2D eigenvalue weighted by Crippen LogP contribution is -2.45. The highest BCUT2D eigenvalue weighted by Crippen LogP contribution is 2.24. The molecule has 2 atom stereocenters. The molecule has 0 bridgehead atoms. The first-order valence-corrected chi connectivity index (χ1v) is 7.31. The second-order valence-corrected chi connectivity index (χ2v) is 5.72. The van der Waals surface area contributed by atoms with Crippen molar-refractivity contribution in [3.8, 4) is 0 Å². The van der Waals surface area contributed by atoms with Gasteiger partial charge in [0.2, 0.25) is 0 Å². The summed E-state index contributed by atoms with van der Waals surface area (Å²) in [5, 5.41) is 9.83. The minimum absolute atomic E-state index is 0.329. The molecule has 0 amide bonds. The van der Waals surface area contributed by atoms with E-state index in [4.69, 9.17) is 0 Å². The zero-order valence-electron chi connectivity index (χ0n) is 12.3. The monoisotopic (exact) mass is 262 g/mol. The van der Waals surface area contributed by atoms with Crippen molar-refractivity contribution in [1.29, 1.82) is 0 Å². The highest BCUT2D eigenvalue weighted by atomic mass is 16.3. The molecule has 0 spiro atoms. The Morgan fingerprint density at radius 2 is 2.00 bits per heavy atom. The summed E-state index contributed by atoms with van der Waals surface area (Å²) in [5.41, 5.74) is 2.30. The summed E-state index contributed by atoms with van der Waals surface area (Å²) in [4.78, 5) is 4.78. The molecule has 0 radical (unpaired) electrons. The van der Waals surface area contributed by atoms with E-state index in [1.165, 1.54) is 18.5 Å². The van der Waals surface area contributed by atoms with Gasteiger partial charge in [-0.05, 0) is 51.1 Å². The van der Waals surface area contributed by atoms with Gasteiger partial charge in [-0.2, -0.15) is 0 Å². The van der Waals surface area contributed by atoms with Crippen molar-refractivity contribution in [1.82, 2.24) is 4.90 Å². The molecule has 0 aromatic heterocycles. The predicted octanol–water partition coefficient (Wildman–Crippen LogP) is 2.66. The van der Waals surface area contributed by atoms with Crippen LogP contribution in [0.1, 0.15) is 37.9 Å². The van der Waals surface area contributed by atoms with Crippen molar-refractivity contribution in [2.75, 3.05) is 32.1 Å². The summed E-state index contributed by atoms with van der Waals surface area (Å²) in [6, 6.07) is 9.05. The molecule has 0 aliphatic carbocycles. The average molecular weight is 262 g/mol. The molecule has 1 heterocycles. The molecule has 1 fully saturated rings. The van der Waals surface area contributed by atoms with Crippen molar-refractivity contribution >= 4 is 5.69 Å². The number of piperidine rings is 1. The molecule has 2 rings (SSSR count). The topological polar surface area (TPSA) is 26.7 Å². The minimum atomic E-state index is -0.329. The number of benzene rings is 1. The van der Waals surface area contributed by atoms with Gasteiger partial charge in [-0.15, -0.1) is 0 Å². The fraction of sp³-hybridized carbons (Fsp3) is 0.625. The Morgan fingerprint density at radius 3 is 2.58 bits per heavy atom. The van der Waals surface area contributed by atoms with Crippen molar-refractivity contribution in [3.05, 3.63) is 29.8 Å². The van der Waals surface area contributed by atoms with Gasteiger partial charge in [0.25, 0.3) is 0 Å². The summed E-state index contributed by atoms with van der Waals surface area (Å²) in [6.07, 6.45) is 2.98. The number of likely N-dealkylation sites (N-methyl/N-ethyl adjacent to an activating group) is 1. The molecule has 1 aliphatic rings. The van der Waals surface area contributed by atoms with Gasteiger partial charge in [0.1, 0.15) is 0 Å². The molecule has 0 saturated carbocycles. The molecule has 1 aromatic carbocycles. The van der Waals surface area contributed by atoms with E-state index in [0.29, 0.717) is 6.04 Å². The molecule has 19 heavy (non-hydrogen) atoms. The second kappa shape index (κ2) is 6.40. The number of aliphatic hydroxyl groups excluding tert-OH is 1. The lowest BCUT2D eigenvalue weighted by atomic mass is 10.0. The van der Waals surface area contributed by atoms with E-state index in [1.807, 2.05) is 6.92 Å². The Kier molecular flexibility index (Phi) is 4.83. The van der Waals surface area contributed by atoms with E-state index in [2.05, 4.69) is 48.2 Å². The zero-order valence-corrected chi connectivity index (χ0v) is 12.3. The predicted molar refractivity (Wildman–Crippen MR) is 80.6 cm³/mol. The van der Waals surface area contributed by atoms with Crippen LogP contribution in [-0.2, 0) is 0 Å². The van der Waals surface area contributed by atoms with Crippen molar-refractivity contribution in [2.45, 2.75) is 38.3 Å². The van der Waals surface area contributed by atoms with Gasteiger partial charge in [0.15, 0.2) is 0 Å². The van der Waals surface area contributed by atoms with Crippen molar-refractivity contribution in [3.63, 3.8) is 0 Å². The van der Waals surface area contributed by atoms with E-state index in [0.717, 1.165) is 25.1 Å². The van der Waals surface area contributed by atoms with Crippen LogP contribution in [0.15, 0.2) is 24.3 Å². The molecule has 1 unspecified atom stereocenters. The number of hydrogen-bond donors (Lipinski definition) is 1. The third-order valence-electron chi connectivity index (χ3n) is 4.16. The van der Waals surface area contributed by atoms with Gasteiger partial charge < -0.3 is 14.9 Å². The summed E-state index contributed by atoms with van der Waals surface area (Å²) >= 11 is 0. The lowest BCUT2D eigenvalue weighted by Gasteiger charge is -2.37. The van der Waals surface area contributed by atoms with Crippen LogP contribution in [0, 0.1) is 0 Å². The maximum atomic E-state index is 9.83. The second-order valence-electron chi connectivity index (χ2n) is 5.72. The number of anilines is 1. The number of rotatable bonds is 4. The van der Waals surface area contributed by atoms with Crippen LogP contribution in [0.25, 0.3) is 0 Å². The quantitative estimate of drug-likeness (QED) is 0.903. The highest BCUT2D eigenvalue weighted by Gasteiger charge is 2.21. The maximum Gasteiger partial charge on any atom is 0.0787 e. The molecule has 106 valence electrons. The molecule has 1 aliphatic heterocycles. The van der Waals surface area contributed by atoms with Crippen LogP contribution in [-0.4, -0.2) is 43.2 Å². The van der Waals surface area contributed by atoms with Gasteiger partial charge in [0, 0.05) is 24.8 Å². The van der Waals surface area contributed by atoms with Crippen molar-refractivity contribution in [2.24, 2.45) is 0 Å². The van der Waals surface area contributed by atoms with E-state index in [1.54, 1.807) is 0 Å². The largest absolute Gasteiger partial charge is 0.388 e. The Balaban J connectivity index is 2.05. The zero-order chi connectivity index (χ0) is 13.8. The third-order valence-corrected chi connectivity index (χ3v) is 4.16. The van der Waals surface area contributed by atoms with Gasteiger partial charge in [-0.1, -0.05) is 19.1 Å². The van der Waals surface area contributed by atoms with Crippen LogP contribution >= 0.6 is 0 Å². The summed E-state index contributed by atoms with van der Waals surface area (Å²) in [7, 11) is 4.32. The summed E-state index contributed by atoms with van der Waals surface area (Å²) in [6.45, 7) is 4.24. The SMILES string of the molecule is CC[C@H](O)c1ccc(N2CCCC(N(C)C)C2)cc1. The van der Waals surface area contributed by atoms with Gasteiger partial charge in [-0.25, -0.2) is 0 Å². The normalized spacial score (nSPS) is 21.7. The third kappa shape index (κ3) is 3.48. The smallest absolute Gasteiger partial charge is 0.0787 e.